The van der Waals surface area contributed by atoms with Crippen LogP contribution in [0.4, 0.5) is 5.69 Å². The highest BCUT2D eigenvalue weighted by Gasteiger charge is 2.62. The van der Waals surface area contributed by atoms with Crippen molar-refractivity contribution in [1.82, 2.24) is 4.90 Å². The molecule has 1 saturated heterocycles. The summed E-state index contributed by atoms with van der Waals surface area (Å²) >= 11 is 9.55. The van der Waals surface area contributed by atoms with Crippen LogP contribution in [0.5, 0.6) is 0 Å². The van der Waals surface area contributed by atoms with Crippen LogP contribution in [0, 0.1) is 30.6 Å². The van der Waals surface area contributed by atoms with Gasteiger partial charge in [-0.3, -0.25) is 19.3 Å². The van der Waals surface area contributed by atoms with Crippen molar-refractivity contribution in [3.05, 3.63) is 27.2 Å². The number of hydrogen-bond donors (Lipinski definition) is 1. The number of imide groups is 1. The van der Waals surface area contributed by atoms with E-state index in [2.05, 4.69) is 21.2 Å². The first-order chi connectivity index (χ1) is 12.3. The number of anilines is 1. The number of carbonyl (C=O) groups excluding carboxylic acids is 3. The third-order valence-electron chi connectivity index (χ3n) is 6.33. The summed E-state index contributed by atoms with van der Waals surface area (Å²) in [6.45, 7) is 3.42. The van der Waals surface area contributed by atoms with Gasteiger partial charge in [0.25, 0.3) is 0 Å². The van der Waals surface area contributed by atoms with E-state index >= 15 is 0 Å². The number of nitrogens with one attached hydrogen (secondary N) is 1. The predicted octanol–water partition coefficient (Wildman–Crippen LogP) is 3.77. The minimum absolute atomic E-state index is 0.166. The number of fused-ring (bicyclic) bond motifs is 5. The summed E-state index contributed by atoms with van der Waals surface area (Å²) in [5.41, 5.74) is 1.31. The zero-order chi connectivity index (χ0) is 18.7. The number of carbonyl (C=O) groups is 3. The van der Waals surface area contributed by atoms with Gasteiger partial charge in [0, 0.05) is 10.2 Å². The number of benzene rings is 1. The summed E-state index contributed by atoms with van der Waals surface area (Å²) in [4.78, 5) is 39.6. The Morgan fingerprint density at radius 3 is 2.38 bits per heavy atom. The van der Waals surface area contributed by atoms with Crippen LogP contribution in [0.25, 0.3) is 0 Å². The summed E-state index contributed by atoms with van der Waals surface area (Å²) in [6.07, 6.45) is 3.03. The molecular weight excluding hydrogens is 420 g/mol. The third-order valence-corrected chi connectivity index (χ3v) is 7.70. The highest BCUT2D eigenvalue weighted by molar-refractivity contribution is 9.10. The van der Waals surface area contributed by atoms with E-state index in [4.69, 9.17) is 11.6 Å². The monoisotopic (exact) mass is 438 g/mol. The minimum Gasteiger partial charge on any atom is -0.324 e. The van der Waals surface area contributed by atoms with Crippen LogP contribution in [0.1, 0.15) is 31.7 Å². The van der Waals surface area contributed by atoms with Crippen molar-refractivity contribution >= 4 is 50.9 Å². The van der Waals surface area contributed by atoms with Crippen molar-refractivity contribution in [1.29, 1.82) is 0 Å². The molecule has 26 heavy (non-hydrogen) atoms. The molecule has 7 heteroatoms. The van der Waals surface area contributed by atoms with E-state index in [1.807, 2.05) is 6.92 Å². The molecule has 0 radical (unpaired) electrons. The molecule has 3 amide bonds. The van der Waals surface area contributed by atoms with Gasteiger partial charge < -0.3 is 5.32 Å². The summed E-state index contributed by atoms with van der Waals surface area (Å²) in [7, 11) is 0. The first-order valence-corrected chi connectivity index (χ1v) is 10.1. The quantitative estimate of drug-likeness (QED) is 0.729. The Labute approximate surface area is 165 Å². The van der Waals surface area contributed by atoms with Crippen LogP contribution < -0.4 is 5.32 Å². The molecule has 3 aliphatic rings. The highest BCUT2D eigenvalue weighted by Crippen LogP contribution is 2.56. The predicted molar refractivity (Wildman–Crippen MR) is 102 cm³/mol. The topological polar surface area (TPSA) is 66.5 Å². The summed E-state index contributed by atoms with van der Waals surface area (Å²) in [6, 6.07) is 2.67. The van der Waals surface area contributed by atoms with Crippen LogP contribution in [0.3, 0.4) is 0 Å². The Balaban J connectivity index is 1.54. The standard InChI is InChI=1S/C19H20BrClN2O3/c1-8-13(6-5-12(20)16(8)21)22-17(24)9(2)23-18(25)14-10-3-4-11(7-10)15(14)19(23)26/h5-6,9-11,14-15H,3-4,7H2,1-2H3,(H,22,24)/t9-,10-,11+,14+,15+/m1/s1. The second-order valence-corrected chi connectivity index (χ2v) is 8.86. The molecule has 1 aromatic carbocycles. The molecule has 5 atom stereocenters. The van der Waals surface area contributed by atoms with Gasteiger partial charge in [0.05, 0.1) is 16.9 Å². The smallest absolute Gasteiger partial charge is 0.247 e. The Morgan fingerprint density at radius 1 is 1.23 bits per heavy atom. The van der Waals surface area contributed by atoms with Crippen molar-refractivity contribution < 1.29 is 14.4 Å². The number of nitrogens with zero attached hydrogens (tertiary/aromatic N) is 1. The van der Waals surface area contributed by atoms with Gasteiger partial charge in [-0.1, -0.05) is 11.6 Å². The normalized spacial score (nSPS) is 30.7. The fraction of sp³-hybridized carbons (Fsp3) is 0.526. The molecule has 2 bridgehead atoms. The van der Waals surface area contributed by atoms with Crippen molar-refractivity contribution in [3.63, 3.8) is 0 Å². The summed E-state index contributed by atoms with van der Waals surface area (Å²) in [5.74, 6) is -0.495. The van der Waals surface area contributed by atoms with Gasteiger partial charge in [-0.25, -0.2) is 0 Å². The van der Waals surface area contributed by atoms with Crippen LogP contribution in [0.2, 0.25) is 5.02 Å². The Kier molecular flexibility index (Phi) is 4.39. The summed E-state index contributed by atoms with van der Waals surface area (Å²) in [5, 5.41) is 3.33. The lowest BCUT2D eigenvalue weighted by Gasteiger charge is -2.24. The lowest BCUT2D eigenvalue weighted by molar-refractivity contribution is -0.146. The van der Waals surface area contributed by atoms with Crippen molar-refractivity contribution in [2.75, 3.05) is 5.32 Å². The number of rotatable bonds is 3. The molecule has 0 spiro atoms. The van der Waals surface area contributed by atoms with E-state index in [1.54, 1.807) is 19.1 Å². The Hall–Kier alpha value is -1.40. The van der Waals surface area contributed by atoms with Crippen LogP contribution >= 0.6 is 27.5 Å². The molecule has 1 heterocycles. The van der Waals surface area contributed by atoms with Crippen LogP contribution in [-0.4, -0.2) is 28.7 Å². The van der Waals surface area contributed by atoms with E-state index in [9.17, 15) is 14.4 Å². The minimum atomic E-state index is -0.832. The maximum atomic E-state index is 12.8. The van der Waals surface area contributed by atoms with E-state index < -0.39 is 6.04 Å². The fourth-order valence-electron chi connectivity index (χ4n) is 4.96. The zero-order valence-electron chi connectivity index (χ0n) is 14.6. The number of likely N-dealkylation sites (tertiary alicyclic amines) is 1. The van der Waals surface area contributed by atoms with Gasteiger partial charge in [0.1, 0.15) is 6.04 Å². The molecule has 1 aliphatic heterocycles. The zero-order valence-corrected chi connectivity index (χ0v) is 16.9. The first kappa shape index (κ1) is 18.0. The molecule has 4 rings (SSSR count). The molecule has 2 saturated carbocycles. The highest BCUT2D eigenvalue weighted by atomic mass is 79.9. The molecule has 1 N–H and O–H groups in total. The van der Waals surface area contributed by atoms with Gasteiger partial charge in [-0.05, 0) is 78.6 Å². The van der Waals surface area contributed by atoms with E-state index in [-0.39, 0.29) is 29.6 Å². The number of halogens is 2. The molecule has 0 aromatic heterocycles. The molecule has 2 aliphatic carbocycles. The average molecular weight is 440 g/mol. The molecule has 3 fully saturated rings. The Bertz CT molecular complexity index is 799. The van der Waals surface area contributed by atoms with Gasteiger partial charge >= 0.3 is 0 Å². The van der Waals surface area contributed by atoms with Gasteiger partial charge in [0.15, 0.2) is 0 Å². The van der Waals surface area contributed by atoms with E-state index in [0.29, 0.717) is 22.5 Å². The molecule has 5 nitrogen and oxygen atoms in total. The van der Waals surface area contributed by atoms with Crippen LogP contribution in [0.15, 0.2) is 16.6 Å². The maximum Gasteiger partial charge on any atom is 0.247 e. The average Bonchev–Trinajstić information content (AvgIpc) is 3.29. The van der Waals surface area contributed by atoms with Crippen molar-refractivity contribution in [3.8, 4) is 0 Å². The lowest BCUT2D eigenvalue weighted by Crippen LogP contribution is -2.46. The first-order valence-electron chi connectivity index (χ1n) is 8.93. The van der Waals surface area contributed by atoms with E-state index in [1.165, 1.54) is 4.90 Å². The molecule has 1 aromatic rings. The van der Waals surface area contributed by atoms with Gasteiger partial charge in [0.2, 0.25) is 17.7 Å². The SMILES string of the molecule is Cc1c(NC(=O)[C@@H](C)N2C(=O)[C@H]3[C@@H]4CC[C@@H](C4)[C@@H]3C2=O)ccc(Br)c1Cl. The third kappa shape index (κ3) is 2.53. The van der Waals surface area contributed by atoms with Gasteiger partial charge in [-0.2, -0.15) is 0 Å². The van der Waals surface area contributed by atoms with Crippen LogP contribution in [-0.2, 0) is 14.4 Å². The molecular formula is C19H20BrClN2O3. The van der Waals surface area contributed by atoms with Gasteiger partial charge in [-0.15, -0.1) is 0 Å². The van der Waals surface area contributed by atoms with Crippen molar-refractivity contribution in [2.45, 2.75) is 39.2 Å². The maximum absolute atomic E-state index is 12.8. The largest absolute Gasteiger partial charge is 0.324 e. The van der Waals surface area contributed by atoms with Crippen molar-refractivity contribution in [2.24, 2.45) is 23.7 Å². The summed E-state index contributed by atoms with van der Waals surface area (Å²) < 4.78 is 0.746. The molecule has 138 valence electrons. The lowest BCUT2D eigenvalue weighted by atomic mass is 9.81. The Morgan fingerprint density at radius 2 is 1.81 bits per heavy atom. The second kappa shape index (κ2) is 6.34. The second-order valence-electron chi connectivity index (χ2n) is 7.63. The number of amides is 3. The molecule has 0 unspecified atom stereocenters. The number of hydrogen-bond acceptors (Lipinski definition) is 3. The fourth-order valence-corrected chi connectivity index (χ4v) is 5.55. The van der Waals surface area contributed by atoms with E-state index in [0.717, 1.165) is 29.3 Å².